The van der Waals surface area contributed by atoms with Gasteiger partial charge in [-0.25, -0.2) is 8.42 Å². The smallest absolute Gasteiger partial charge is 0.222 e. The molecule has 2 unspecified atom stereocenters. The van der Waals surface area contributed by atoms with E-state index in [9.17, 15) is 13.2 Å². The summed E-state index contributed by atoms with van der Waals surface area (Å²) in [6, 6.07) is 6.51. The lowest BCUT2D eigenvalue weighted by molar-refractivity contribution is -0.124. The van der Waals surface area contributed by atoms with Crippen LogP contribution in [0.2, 0.25) is 0 Å². The molecule has 1 aliphatic heterocycles. The minimum absolute atomic E-state index is 0.0285. The van der Waals surface area contributed by atoms with Gasteiger partial charge in [0.25, 0.3) is 0 Å². The van der Waals surface area contributed by atoms with Gasteiger partial charge in [0, 0.05) is 13.2 Å². The number of carbonyl (C=O) groups is 1. The molecule has 0 radical (unpaired) electrons. The van der Waals surface area contributed by atoms with Crippen LogP contribution in [0.3, 0.4) is 0 Å². The number of rotatable bonds is 7. The SMILES string of the molecule is O=C(CC1CCCCO1)NCC(c1ccco1)S(=O)(=O)c1cccs1. The summed E-state index contributed by atoms with van der Waals surface area (Å²) < 4.78 is 36.9. The maximum Gasteiger partial charge on any atom is 0.222 e. The van der Waals surface area contributed by atoms with Gasteiger partial charge in [0.05, 0.1) is 18.8 Å². The fourth-order valence-corrected chi connectivity index (χ4v) is 5.65. The summed E-state index contributed by atoms with van der Waals surface area (Å²) in [7, 11) is -3.63. The topological polar surface area (TPSA) is 85.6 Å². The Kier molecular flexibility index (Phi) is 5.93. The first kappa shape index (κ1) is 18.2. The van der Waals surface area contributed by atoms with Gasteiger partial charge in [0.15, 0.2) is 9.84 Å². The molecule has 0 bridgehead atoms. The lowest BCUT2D eigenvalue weighted by atomic mass is 10.1. The molecular formula is C17H21NO5S2. The van der Waals surface area contributed by atoms with Crippen LogP contribution in [-0.4, -0.2) is 33.6 Å². The number of carbonyl (C=O) groups excluding carboxylic acids is 1. The number of ether oxygens (including phenoxy) is 1. The molecule has 136 valence electrons. The van der Waals surface area contributed by atoms with Crippen LogP contribution in [0.4, 0.5) is 0 Å². The van der Waals surface area contributed by atoms with Crippen molar-refractivity contribution in [3.05, 3.63) is 41.7 Å². The Labute approximate surface area is 151 Å². The first-order valence-corrected chi connectivity index (χ1v) is 10.7. The summed E-state index contributed by atoms with van der Waals surface area (Å²) in [5.74, 6) is 0.118. The quantitative estimate of drug-likeness (QED) is 0.794. The van der Waals surface area contributed by atoms with Gasteiger partial charge in [-0.3, -0.25) is 4.79 Å². The van der Waals surface area contributed by atoms with Gasteiger partial charge in [-0.15, -0.1) is 11.3 Å². The fourth-order valence-electron chi connectivity index (χ4n) is 2.86. The second-order valence-electron chi connectivity index (χ2n) is 5.98. The van der Waals surface area contributed by atoms with E-state index in [0.717, 1.165) is 30.6 Å². The van der Waals surface area contributed by atoms with Gasteiger partial charge in [-0.05, 0) is 42.8 Å². The van der Waals surface area contributed by atoms with Crippen LogP contribution in [0, 0.1) is 0 Å². The minimum atomic E-state index is -3.63. The average Bonchev–Trinajstić information content (AvgIpc) is 3.30. The lowest BCUT2D eigenvalue weighted by Crippen LogP contribution is -2.34. The monoisotopic (exact) mass is 383 g/mol. The van der Waals surface area contributed by atoms with Crippen molar-refractivity contribution in [3.8, 4) is 0 Å². The highest BCUT2D eigenvalue weighted by molar-refractivity contribution is 7.93. The van der Waals surface area contributed by atoms with Crippen LogP contribution < -0.4 is 5.32 Å². The molecule has 6 nitrogen and oxygen atoms in total. The number of furan rings is 1. The second-order valence-corrected chi connectivity index (χ2v) is 9.28. The molecule has 2 atom stereocenters. The number of sulfone groups is 1. The summed E-state index contributed by atoms with van der Waals surface area (Å²) in [6.07, 6.45) is 4.55. The van der Waals surface area contributed by atoms with Crippen LogP contribution in [0.5, 0.6) is 0 Å². The first-order valence-electron chi connectivity index (χ1n) is 8.26. The molecule has 2 aromatic heterocycles. The highest BCUT2D eigenvalue weighted by Gasteiger charge is 2.32. The first-order chi connectivity index (χ1) is 12.1. The Hall–Kier alpha value is -1.64. The normalized spacial score (nSPS) is 19.4. The van der Waals surface area contributed by atoms with E-state index in [1.54, 1.807) is 29.6 Å². The van der Waals surface area contributed by atoms with Crippen molar-refractivity contribution in [1.29, 1.82) is 0 Å². The molecular weight excluding hydrogens is 362 g/mol. The highest BCUT2D eigenvalue weighted by atomic mass is 32.2. The molecule has 0 saturated carbocycles. The molecule has 3 rings (SSSR count). The van der Waals surface area contributed by atoms with Gasteiger partial charge >= 0.3 is 0 Å². The Balaban J connectivity index is 1.68. The third kappa shape index (κ3) is 4.50. The molecule has 8 heteroatoms. The van der Waals surface area contributed by atoms with Crippen molar-refractivity contribution in [2.75, 3.05) is 13.2 Å². The molecule has 2 aromatic rings. The van der Waals surface area contributed by atoms with E-state index >= 15 is 0 Å². The van der Waals surface area contributed by atoms with Gasteiger partial charge in [-0.1, -0.05) is 6.07 Å². The average molecular weight is 383 g/mol. The third-order valence-electron chi connectivity index (χ3n) is 4.18. The van der Waals surface area contributed by atoms with E-state index in [4.69, 9.17) is 9.15 Å². The van der Waals surface area contributed by atoms with Crippen molar-refractivity contribution < 1.29 is 22.4 Å². The Morgan fingerprint density at radius 2 is 2.20 bits per heavy atom. The van der Waals surface area contributed by atoms with Crippen LogP contribution in [0.25, 0.3) is 0 Å². The van der Waals surface area contributed by atoms with Crippen molar-refractivity contribution in [1.82, 2.24) is 5.32 Å². The maximum atomic E-state index is 12.9. The molecule has 0 aliphatic carbocycles. The molecule has 25 heavy (non-hydrogen) atoms. The predicted octanol–water partition coefficient (Wildman–Crippen LogP) is 2.93. The van der Waals surface area contributed by atoms with Gasteiger partial charge in [-0.2, -0.15) is 0 Å². The summed E-state index contributed by atoms with van der Waals surface area (Å²) in [5.41, 5.74) is 0. The summed E-state index contributed by atoms with van der Waals surface area (Å²) in [4.78, 5) is 12.2. The molecule has 0 aromatic carbocycles. The Morgan fingerprint density at radius 1 is 1.32 bits per heavy atom. The number of amides is 1. The number of hydrogen-bond donors (Lipinski definition) is 1. The fraction of sp³-hybridized carbons (Fsp3) is 0.471. The Bertz CT molecular complexity index is 762. The van der Waals surface area contributed by atoms with Gasteiger partial charge in [0.2, 0.25) is 5.91 Å². The van der Waals surface area contributed by atoms with E-state index in [1.165, 1.54) is 6.26 Å². The molecule has 1 amide bonds. The molecule has 0 spiro atoms. The largest absolute Gasteiger partial charge is 0.468 e. The Morgan fingerprint density at radius 3 is 2.84 bits per heavy atom. The van der Waals surface area contributed by atoms with Gasteiger partial charge in [0.1, 0.15) is 15.2 Å². The highest BCUT2D eigenvalue weighted by Crippen LogP contribution is 2.31. The zero-order chi connectivity index (χ0) is 17.7. The molecule has 1 aliphatic rings. The maximum absolute atomic E-state index is 12.9. The van der Waals surface area contributed by atoms with Gasteiger partial charge < -0.3 is 14.5 Å². The van der Waals surface area contributed by atoms with Crippen molar-refractivity contribution in [2.45, 2.75) is 41.2 Å². The zero-order valence-corrected chi connectivity index (χ0v) is 15.4. The lowest BCUT2D eigenvalue weighted by Gasteiger charge is -2.22. The molecule has 1 fully saturated rings. The summed E-state index contributed by atoms with van der Waals surface area (Å²) >= 11 is 1.16. The van der Waals surface area contributed by atoms with Crippen LogP contribution in [0.15, 0.2) is 44.5 Å². The number of nitrogens with one attached hydrogen (secondary N) is 1. The molecule has 3 heterocycles. The predicted molar refractivity (Wildman–Crippen MR) is 94.2 cm³/mol. The van der Waals surface area contributed by atoms with Crippen LogP contribution in [-0.2, 0) is 19.4 Å². The van der Waals surface area contributed by atoms with Crippen molar-refractivity contribution >= 4 is 27.1 Å². The van der Waals surface area contributed by atoms with E-state index in [1.807, 2.05) is 0 Å². The van der Waals surface area contributed by atoms with Crippen molar-refractivity contribution in [3.63, 3.8) is 0 Å². The van der Waals surface area contributed by atoms with E-state index in [-0.39, 0.29) is 29.2 Å². The van der Waals surface area contributed by atoms with E-state index < -0.39 is 15.1 Å². The third-order valence-corrected chi connectivity index (χ3v) is 7.67. The second kappa shape index (κ2) is 8.16. The number of thiophene rings is 1. The standard InChI is InChI=1S/C17H21NO5S2/c19-16(11-13-5-1-2-8-22-13)18-12-15(14-6-3-9-23-14)25(20,21)17-7-4-10-24-17/h3-4,6-7,9-10,13,15H,1-2,5,8,11-12H2,(H,18,19). The summed E-state index contributed by atoms with van der Waals surface area (Å²) in [6.45, 7) is 0.652. The molecule has 1 saturated heterocycles. The molecule has 1 N–H and O–H groups in total. The number of hydrogen-bond acceptors (Lipinski definition) is 6. The zero-order valence-electron chi connectivity index (χ0n) is 13.7. The van der Waals surface area contributed by atoms with Crippen LogP contribution in [0.1, 0.15) is 36.7 Å². The summed E-state index contributed by atoms with van der Waals surface area (Å²) in [5, 5.41) is 3.50. The minimum Gasteiger partial charge on any atom is -0.468 e. The van der Waals surface area contributed by atoms with E-state index in [2.05, 4.69) is 5.32 Å². The van der Waals surface area contributed by atoms with Crippen molar-refractivity contribution in [2.24, 2.45) is 0 Å². The van der Waals surface area contributed by atoms with E-state index in [0.29, 0.717) is 12.4 Å². The van der Waals surface area contributed by atoms with Crippen LogP contribution >= 0.6 is 11.3 Å².